The molecule has 1 spiro atoms. The molecule has 1 aliphatic carbocycles. The number of aromatic nitrogens is 1. The van der Waals surface area contributed by atoms with Gasteiger partial charge in [0, 0.05) is 31.2 Å². The van der Waals surface area contributed by atoms with E-state index < -0.39 is 6.10 Å². The minimum Gasteiger partial charge on any atom is -0.389 e. The lowest BCUT2D eigenvalue weighted by Crippen LogP contribution is -2.65. The highest BCUT2D eigenvalue weighted by atomic mass is 16.3. The van der Waals surface area contributed by atoms with E-state index in [1.807, 2.05) is 24.0 Å². The maximum Gasteiger partial charge on any atom is 0.255 e. The number of carbonyl (C=O) groups excluding carboxylic acids is 1. The molecule has 2 fully saturated rings. The van der Waals surface area contributed by atoms with Gasteiger partial charge >= 0.3 is 0 Å². The molecule has 1 amide bonds. The molecule has 0 unspecified atom stereocenters. The Kier molecular flexibility index (Phi) is 4.25. The first-order valence-corrected chi connectivity index (χ1v) is 10.3. The summed E-state index contributed by atoms with van der Waals surface area (Å²) in [6.07, 6.45) is 3.22. The van der Waals surface area contributed by atoms with Gasteiger partial charge in [-0.2, -0.15) is 0 Å². The fraction of sp³-hybridized carbons (Fsp3) is 0.478. The molecule has 2 aliphatic heterocycles. The molecule has 1 saturated heterocycles. The molecule has 1 aromatic carbocycles. The number of benzene rings is 1. The van der Waals surface area contributed by atoms with Crippen LogP contribution >= 0.6 is 0 Å². The van der Waals surface area contributed by atoms with Gasteiger partial charge in [-0.05, 0) is 55.9 Å². The smallest absolute Gasteiger partial charge is 0.255 e. The zero-order chi connectivity index (χ0) is 19.3. The van der Waals surface area contributed by atoms with Gasteiger partial charge in [0.05, 0.1) is 22.9 Å². The van der Waals surface area contributed by atoms with Crippen molar-refractivity contribution in [1.82, 2.24) is 15.2 Å². The lowest BCUT2D eigenvalue weighted by Gasteiger charge is -2.48. The zero-order valence-electron chi connectivity index (χ0n) is 16.3. The number of aryl methyl sites for hydroxylation is 1. The van der Waals surface area contributed by atoms with Crippen LogP contribution in [0, 0.1) is 6.92 Å². The minimum atomic E-state index is -0.582. The number of likely N-dealkylation sites (tertiary alicyclic amines) is 1. The summed E-state index contributed by atoms with van der Waals surface area (Å²) >= 11 is 0. The van der Waals surface area contributed by atoms with E-state index in [0.29, 0.717) is 19.0 Å². The topological polar surface area (TPSA) is 65.5 Å². The first-order chi connectivity index (χ1) is 13.6. The Morgan fingerprint density at radius 2 is 2.00 bits per heavy atom. The second kappa shape index (κ2) is 6.68. The van der Waals surface area contributed by atoms with Crippen molar-refractivity contribution >= 4 is 5.91 Å². The average molecular weight is 377 g/mol. The summed E-state index contributed by atoms with van der Waals surface area (Å²) in [4.78, 5) is 19.7. The van der Waals surface area contributed by atoms with Crippen molar-refractivity contribution in [3.63, 3.8) is 0 Å². The van der Waals surface area contributed by atoms with E-state index in [0.717, 1.165) is 49.2 Å². The normalized spacial score (nSPS) is 26.9. The van der Waals surface area contributed by atoms with Crippen LogP contribution in [0.25, 0.3) is 0 Å². The highest BCUT2D eigenvalue weighted by Gasteiger charge is 2.45. The van der Waals surface area contributed by atoms with E-state index in [-0.39, 0.29) is 11.4 Å². The van der Waals surface area contributed by atoms with E-state index >= 15 is 0 Å². The van der Waals surface area contributed by atoms with Crippen LogP contribution in [0.5, 0.6) is 0 Å². The number of piperidine rings is 1. The number of rotatable bonds is 2. The summed E-state index contributed by atoms with van der Waals surface area (Å²) in [5.74, 6) is 0.441. The molecule has 3 aliphatic rings. The second-order valence-electron chi connectivity index (χ2n) is 8.63. The SMILES string of the molecule is Cc1ccc(C(=O)N2CC[C@]3(Cc4ccccc4CN3)[C@H](O)C2)c(C2CC2)n1. The number of β-amino-alcohol motifs (C(OH)–C–C–N with tert-alkyl or cyclic N) is 1. The predicted octanol–water partition coefficient (Wildman–Crippen LogP) is 2.56. The van der Waals surface area contributed by atoms with Crippen LogP contribution in [0.3, 0.4) is 0 Å². The fourth-order valence-corrected chi connectivity index (χ4v) is 4.74. The van der Waals surface area contributed by atoms with Gasteiger partial charge in [0.1, 0.15) is 0 Å². The average Bonchev–Trinajstić information content (AvgIpc) is 3.55. The van der Waals surface area contributed by atoms with Crippen molar-refractivity contribution in [2.45, 2.75) is 56.7 Å². The number of pyridine rings is 1. The summed E-state index contributed by atoms with van der Waals surface area (Å²) in [7, 11) is 0. The molecule has 2 N–H and O–H groups in total. The third-order valence-corrected chi connectivity index (χ3v) is 6.66. The second-order valence-corrected chi connectivity index (χ2v) is 8.63. The summed E-state index contributed by atoms with van der Waals surface area (Å²) in [5.41, 5.74) is 4.90. The van der Waals surface area contributed by atoms with Crippen LogP contribution in [0.2, 0.25) is 0 Å². The summed E-state index contributed by atoms with van der Waals surface area (Å²) in [5, 5.41) is 14.6. The van der Waals surface area contributed by atoms with Crippen LogP contribution in [-0.2, 0) is 13.0 Å². The van der Waals surface area contributed by atoms with Crippen molar-refractivity contribution in [3.05, 3.63) is 64.5 Å². The standard InChI is InChI=1S/C23H27N3O2/c1-15-6-9-19(21(25-15)16-7-8-16)22(28)26-11-10-23(20(27)14-26)12-17-4-2-3-5-18(17)13-24-23/h2-6,9,16,20,24,27H,7-8,10-14H2,1H3/t20-,23+/m1/s1. The van der Waals surface area contributed by atoms with Gasteiger partial charge in [0.2, 0.25) is 0 Å². The largest absolute Gasteiger partial charge is 0.389 e. The minimum absolute atomic E-state index is 0.0134. The predicted molar refractivity (Wildman–Crippen MR) is 107 cm³/mol. The number of hydrogen-bond donors (Lipinski definition) is 2. The number of fused-ring (bicyclic) bond motifs is 1. The zero-order valence-corrected chi connectivity index (χ0v) is 16.3. The quantitative estimate of drug-likeness (QED) is 0.844. The van der Waals surface area contributed by atoms with Gasteiger partial charge in [-0.1, -0.05) is 24.3 Å². The molecule has 5 nitrogen and oxygen atoms in total. The van der Waals surface area contributed by atoms with Crippen LogP contribution in [-0.4, -0.2) is 45.6 Å². The van der Waals surface area contributed by atoms with Gasteiger partial charge < -0.3 is 15.3 Å². The van der Waals surface area contributed by atoms with E-state index in [2.05, 4.69) is 34.6 Å². The summed E-state index contributed by atoms with van der Waals surface area (Å²) < 4.78 is 0. The Labute approximate surface area is 165 Å². The molecule has 5 heteroatoms. The maximum atomic E-state index is 13.2. The van der Waals surface area contributed by atoms with Crippen LogP contribution in [0.15, 0.2) is 36.4 Å². The molecule has 2 aromatic rings. The first kappa shape index (κ1) is 17.8. The molecule has 28 heavy (non-hydrogen) atoms. The molecule has 3 heterocycles. The van der Waals surface area contributed by atoms with E-state index in [4.69, 9.17) is 0 Å². The van der Waals surface area contributed by atoms with E-state index in [1.54, 1.807) is 0 Å². The molecule has 2 atom stereocenters. The van der Waals surface area contributed by atoms with Crippen molar-refractivity contribution in [1.29, 1.82) is 0 Å². The Balaban J connectivity index is 1.35. The van der Waals surface area contributed by atoms with Crippen LogP contribution in [0.4, 0.5) is 0 Å². The molecule has 1 aromatic heterocycles. The lowest BCUT2D eigenvalue weighted by molar-refractivity contribution is -0.0139. The highest BCUT2D eigenvalue weighted by Crippen LogP contribution is 2.41. The number of hydrogen-bond acceptors (Lipinski definition) is 4. The summed E-state index contributed by atoms with van der Waals surface area (Å²) in [6, 6.07) is 12.3. The number of carbonyl (C=O) groups is 1. The molecule has 1 saturated carbocycles. The van der Waals surface area contributed by atoms with Crippen LogP contribution in [0.1, 0.15) is 58.1 Å². The number of nitrogens with zero attached hydrogens (tertiary/aromatic N) is 2. The van der Waals surface area contributed by atoms with Crippen molar-refractivity contribution in [2.24, 2.45) is 0 Å². The van der Waals surface area contributed by atoms with Gasteiger partial charge in [-0.15, -0.1) is 0 Å². The number of aliphatic hydroxyl groups is 1. The van der Waals surface area contributed by atoms with Crippen molar-refractivity contribution < 1.29 is 9.90 Å². The monoisotopic (exact) mass is 377 g/mol. The molecule has 0 radical (unpaired) electrons. The van der Waals surface area contributed by atoms with Crippen LogP contribution < -0.4 is 5.32 Å². The molecule has 146 valence electrons. The maximum absolute atomic E-state index is 13.2. The highest BCUT2D eigenvalue weighted by molar-refractivity contribution is 5.95. The Morgan fingerprint density at radius 3 is 2.75 bits per heavy atom. The summed E-state index contributed by atoms with van der Waals surface area (Å²) in [6.45, 7) is 3.77. The van der Waals surface area contributed by atoms with Gasteiger partial charge in [-0.25, -0.2) is 0 Å². The van der Waals surface area contributed by atoms with E-state index in [9.17, 15) is 9.90 Å². The third-order valence-electron chi connectivity index (χ3n) is 6.66. The third kappa shape index (κ3) is 3.03. The molecular formula is C23H27N3O2. The number of amides is 1. The number of aliphatic hydroxyl groups excluding tert-OH is 1. The molecular weight excluding hydrogens is 350 g/mol. The van der Waals surface area contributed by atoms with Crippen molar-refractivity contribution in [2.75, 3.05) is 13.1 Å². The number of nitrogens with one attached hydrogen (secondary N) is 1. The molecule has 0 bridgehead atoms. The molecule has 5 rings (SSSR count). The van der Waals surface area contributed by atoms with E-state index in [1.165, 1.54) is 11.1 Å². The van der Waals surface area contributed by atoms with Gasteiger partial charge in [0.25, 0.3) is 5.91 Å². The Hall–Kier alpha value is -2.24. The Bertz CT molecular complexity index is 924. The van der Waals surface area contributed by atoms with Gasteiger partial charge in [0.15, 0.2) is 0 Å². The lowest BCUT2D eigenvalue weighted by atomic mass is 9.76. The van der Waals surface area contributed by atoms with Gasteiger partial charge in [-0.3, -0.25) is 9.78 Å². The first-order valence-electron chi connectivity index (χ1n) is 10.3. The Morgan fingerprint density at radius 1 is 1.21 bits per heavy atom. The van der Waals surface area contributed by atoms with Crippen molar-refractivity contribution in [3.8, 4) is 0 Å². The fourth-order valence-electron chi connectivity index (χ4n) is 4.74.